The molecule has 0 radical (unpaired) electrons. The lowest BCUT2D eigenvalue weighted by Gasteiger charge is -2.45. The van der Waals surface area contributed by atoms with E-state index in [4.69, 9.17) is 0 Å². The standard InChI is InChI=1S/C17H28O2/c1-16(2,3)13-9-11-17(12-10-13,15(18)19)14-7-5-4-6-8-14/h5,7,13-14H,4,6,8-12H2,1-3H3,(H,18,19). The lowest BCUT2D eigenvalue weighted by molar-refractivity contribution is -0.156. The Bertz CT molecular complexity index is 354. The topological polar surface area (TPSA) is 37.3 Å². The highest BCUT2D eigenvalue weighted by Gasteiger charge is 2.48. The van der Waals surface area contributed by atoms with Crippen molar-refractivity contribution in [1.29, 1.82) is 0 Å². The number of hydrogen-bond acceptors (Lipinski definition) is 1. The van der Waals surface area contributed by atoms with Gasteiger partial charge in [0.2, 0.25) is 0 Å². The molecule has 2 aliphatic carbocycles. The first-order valence-electron chi connectivity index (χ1n) is 7.76. The second-order valence-electron chi connectivity index (χ2n) is 7.57. The molecule has 19 heavy (non-hydrogen) atoms. The van der Waals surface area contributed by atoms with E-state index in [2.05, 4.69) is 32.9 Å². The van der Waals surface area contributed by atoms with Gasteiger partial charge in [-0.3, -0.25) is 4.79 Å². The van der Waals surface area contributed by atoms with Gasteiger partial charge in [-0.05, 0) is 62.2 Å². The third-order valence-corrected chi connectivity index (χ3v) is 5.49. The monoisotopic (exact) mass is 264 g/mol. The molecule has 0 heterocycles. The Morgan fingerprint density at radius 2 is 1.84 bits per heavy atom. The summed E-state index contributed by atoms with van der Waals surface area (Å²) in [6, 6.07) is 0. The largest absolute Gasteiger partial charge is 0.481 e. The fourth-order valence-electron chi connectivity index (χ4n) is 4.02. The lowest BCUT2D eigenvalue weighted by Crippen LogP contribution is -2.43. The van der Waals surface area contributed by atoms with Crippen LogP contribution in [0.2, 0.25) is 0 Å². The van der Waals surface area contributed by atoms with Gasteiger partial charge in [-0.15, -0.1) is 0 Å². The van der Waals surface area contributed by atoms with Gasteiger partial charge in [-0.2, -0.15) is 0 Å². The fourth-order valence-corrected chi connectivity index (χ4v) is 4.02. The molecule has 1 atom stereocenters. The Hall–Kier alpha value is -0.790. The van der Waals surface area contributed by atoms with Crippen molar-refractivity contribution < 1.29 is 9.90 Å². The number of carboxylic acids is 1. The third kappa shape index (κ3) is 2.88. The van der Waals surface area contributed by atoms with Crippen molar-refractivity contribution in [3.05, 3.63) is 12.2 Å². The zero-order valence-electron chi connectivity index (χ0n) is 12.6. The van der Waals surface area contributed by atoms with Crippen LogP contribution >= 0.6 is 0 Å². The zero-order chi connectivity index (χ0) is 14.1. The van der Waals surface area contributed by atoms with E-state index in [1.807, 2.05) is 0 Å². The van der Waals surface area contributed by atoms with E-state index >= 15 is 0 Å². The van der Waals surface area contributed by atoms with Crippen LogP contribution in [-0.4, -0.2) is 11.1 Å². The molecule has 108 valence electrons. The lowest BCUT2D eigenvalue weighted by atomic mass is 9.58. The van der Waals surface area contributed by atoms with Crippen LogP contribution in [-0.2, 0) is 4.79 Å². The van der Waals surface area contributed by atoms with E-state index in [-0.39, 0.29) is 5.92 Å². The summed E-state index contributed by atoms with van der Waals surface area (Å²) in [6.07, 6.45) is 11.6. The van der Waals surface area contributed by atoms with E-state index < -0.39 is 11.4 Å². The van der Waals surface area contributed by atoms with Gasteiger partial charge in [-0.1, -0.05) is 32.9 Å². The molecule has 1 N–H and O–H groups in total. The van der Waals surface area contributed by atoms with Crippen molar-refractivity contribution >= 4 is 5.97 Å². The van der Waals surface area contributed by atoms with Crippen LogP contribution in [0.3, 0.4) is 0 Å². The summed E-state index contributed by atoms with van der Waals surface area (Å²) in [5, 5.41) is 9.80. The Kier molecular flexibility index (Phi) is 4.08. The van der Waals surface area contributed by atoms with Crippen molar-refractivity contribution in [2.75, 3.05) is 0 Å². The number of carbonyl (C=O) groups is 1. The van der Waals surface area contributed by atoms with E-state index in [1.54, 1.807) is 0 Å². The summed E-state index contributed by atoms with van der Waals surface area (Å²) in [6.45, 7) is 6.85. The summed E-state index contributed by atoms with van der Waals surface area (Å²) in [7, 11) is 0. The van der Waals surface area contributed by atoms with Crippen LogP contribution < -0.4 is 0 Å². The quantitative estimate of drug-likeness (QED) is 0.737. The van der Waals surface area contributed by atoms with Gasteiger partial charge in [0.1, 0.15) is 0 Å². The minimum atomic E-state index is -0.559. The van der Waals surface area contributed by atoms with Crippen LogP contribution in [0.4, 0.5) is 0 Å². The molecule has 1 unspecified atom stereocenters. The molecule has 0 spiro atoms. The Labute approximate surface area is 117 Å². The minimum Gasteiger partial charge on any atom is -0.481 e. The van der Waals surface area contributed by atoms with E-state index in [0.717, 1.165) is 44.9 Å². The minimum absolute atomic E-state index is 0.264. The molecule has 0 bridgehead atoms. The molecule has 1 fully saturated rings. The van der Waals surface area contributed by atoms with Crippen LogP contribution in [0.5, 0.6) is 0 Å². The maximum atomic E-state index is 11.9. The number of allylic oxidation sites excluding steroid dienone is 2. The molecular formula is C17H28O2. The fraction of sp³-hybridized carbons (Fsp3) is 0.824. The highest BCUT2D eigenvalue weighted by atomic mass is 16.4. The highest BCUT2D eigenvalue weighted by molar-refractivity contribution is 5.75. The zero-order valence-corrected chi connectivity index (χ0v) is 12.6. The van der Waals surface area contributed by atoms with Gasteiger partial charge in [0.15, 0.2) is 0 Å². The van der Waals surface area contributed by atoms with Crippen LogP contribution in [0, 0.1) is 22.7 Å². The van der Waals surface area contributed by atoms with E-state index in [9.17, 15) is 9.90 Å². The molecule has 2 heteroatoms. The first kappa shape index (κ1) is 14.6. The number of rotatable bonds is 2. The summed E-state index contributed by atoms with van der Waals surface area (Å²) in [5.41, 5.74) is -0.161. The smallest absolute Gasteiger partial charge is 0.310 e. The first-order valence-corrected chi connectivity index (χ1v) is 7.76. The van der Waals surface area contributed by atoms with Crippen molar-refractivity contribution in [2.24, 2.45) is 22.7 Å². The molecule has 0 aromatic carbocycles. The molecule has 2 nitrogen and oxygen atoms in total. The average molecular weight is 264 g/mol. The maximum Gasteiger partial charge on any atom is 0.310 e. The van der Waals surface area contributed by atoms with E-state index in [0.29, 0.717) is 11.3 Å². The normalized spacial score (nSPS) is 36.2. The second-order valence-corrected chi connectivity index (χ2v) is 7.57. The van der Waals surface area contributed by atoms with Crippen molar-refractivity contribution in [3.63, 3.8) is 0 Å². The predicted molar refractivity (Wildman–Crippen MR) is 78.0 cm³/mol. The molecule has 0 amide bonds. The van der Waals surface area contributed by atoms with Crippen molar-refractivity contribution in [1.82, 2.24) is 0 Å². The summed E-state index contributed by atoms with van der Waals surface area (Å²) in [5.74, 6) is 0.378. The van der Waals surface area contributed by atoms with Gasteiger partial charge in [0.05, 0.1) is 5.41 Å². The van der Waals surface area contributed by atoms with Crippen molar-refractivity contribution in [3.8, 4) is 0 Å². The molecule has 2 aliphatic rings. The average Bonchev–Trinajstić information content (AvgIpc) is 2.38. The summed E-state index contributed by atoms with van der Waals surface area (Å²) < 4.78 is 0. The first-order chi connectivity index (χ1) is 8.86. The maximum absolute atomic E-state index is 11.9. The van der Waals surface area contributed by atoms with E-state index in [1.165, 1.54) is 0 Å². The number of hydrogen-bond donors (Lipinski definition) is 1. The Morgan fingerprint density at radius 1 is 1.21 bits per heavy atom. The highest BCUT2D eigenvalue weighted by Crippen LogP contribution is 2.51. The molecule has 2 rings (SSSR count). The second kappa shape index (κ2) is 5.30. The van der Waals surface area contributed by atoms with Gasteiger partial charge in [-0.25, -0.2) is 0 Å². The Balaban J connectivity index is 2.13. The molecule has 0 aromatic heterocycles. The van der Waals surface area contributed by atoms with Crippen LogP contribution in [0.15, 0.2) is 12.2 Å². The Morgan fingerprint density at radius 3 is 2.26 bits per heavy atom. The number of carboxylic acid groups (broad SMARTS) is 1. The SMILES string of the molecule is CC(C)(C)C1CCC(C(=O)O)(C2C=CCCC2)CC1. The van der Waals surface area contributed by atoms with Gasteiger partial charge in [0.25, 0.3) is 0 Å². The molecule has 1 saturated carbocycles. The van der Waals surface area contributed by atoms with Crippen molar-refractivity contribution in [2.45, 2.75) is 65.7 Å². The molecule has 0 aromatic rings. The summed E-state index contributed by atoms with van der Waals surface area (Å²) >= 11 is 0. The summed E-state index contributed by atoms with van der Waals surface area (Å²) in [4.78, 5) is 11.9. The predicted octanol–water partition coefficient (Wildman–Crippen LogP) is 4.65. The molecular weight excluding hydrogens is 236 g/mol. The van der Waals surface area contributed by atoms with Gasteiger partial charge >= 0.3 is 5.97 Å². The van der Waals surface area contributed by atoms with Crippen LogP contribution in [0.1, 0.15) is 65.7 Å². The number of aliphatic carboxylic acids is 1. The molecule has 0 saturated heterocycles. The van der Waals surface area contributed by atoms with Crippen LogP contribution in [0.25, 0.3) is 0 Å². The third-order valence-electron chi connectivity index (χ3n) is 5.49. The van der Waals surface area contributed by atoms with Gasteiger partial charge in [0, 0.05) is 0 Å². The van der Waals surface area contributed by atoms with Gasteiger partial charge < -0.3 is 5.11 Å². The molecule has 0 aliphatic heterocycles.